The van der Waals surface area contributed by atoms with Gasteiger partial charge in [-0.1, -0.05) is 49.6 Å². The van der Waals surface area contributed by atoms with Crippen molar-refractivity contribution in [3.63, 3.8) is 0 Å². The van der Waals surface area contributed by atoms with E-state index in [1.165, 1.54) is 6.07 Å². The lowest BCUT2D eigenvalue weighted by Crippen LogP contribution is -2.14. The number of allylic oxidation sites excluding steroid dienone is 7. The summed E-state index contributed by atoms with van der Waals surface area (Å²) in [5.41, 5.74) is 10.5. The van der Waals surface area contributed by atoms with Crippen LogP contribution in [0.1, 0.15) is 25.0 Å². The molecule has 0 aliphatic heterocycles. The van der Waals surface area contributed by atoms with Crippen LogP contribution in [-0.2, 0) is 0 Å². The van der Waals surface area contributed by atoms with Crippen molar-refractivity contribution in [3.8, 4) is 0 Å². The van der Waals surface area contributed by atoms with Gasteiger partial charge in [0, 0.05) is 18.3 Å². The summed E-state index contributed by atoms with van der Waals surface area (Å²) in [5.74, 6) is 0.403. The topological polar surface area (TPSA) is 81.5 Å². The number of aliphatic imine (C=N–C) groups is 1. The molecule has 0 saturated heterocycles. The summed E-state index contributed by atoms with van der Waals surface area (Å²) in [6, 6.07) is 4.79. The standard InChI is InChI=1S/C22H25N3O2/c1-6-8-14-24-22(23)18(5)17(4)19(9-7-2)11-12-20-15-21(25(26)27)13-10-16(20)3/h6-15H,1-2H2,3-5H3,(H2,23,24)/b12-11+,14-8+,18-17+,19-9-. The van der Waals surface area contributed by atoms with Crippen LogP contribution in [-0.4, -0.2) is 10.8 Å². The molecule has 2 N–H and O–H groups in total. The minimum atomic E-state index is -0.402. The van der Waals surface area contributed by atoms with E-state index in [-0.39, 0.29) is 5.69 Å². The lowest BCUT2D eigenvalue weighted by atomic mass is 9.99. The van der Waals surface area contributed by atoms with Gasteiger partial charge < -0.3 is 5.73 Å². The fraction of sp³-hybridized carbons (Fsp3) is 0.136. The highest BCUT2D eigenvalue weighted by Gasteiger charge is 2.08. The molecule has 27 heavy (non-hydrogen) atoms. The molecule has 1 aromatic carbocycles. The monoisotopic (exact) mass is 363 g/mol. The van der Waals surface area contributed by atoms with Gasteiger partial charge in [-0.2, -0.15) is 0 Å². The third-order valence-corrected chi connectivity index (χ3v) is 4.03. The number of nitrogens with zero attached hydrogens (tertiary/aromatic N) is 2. The van der Waals surface area contributed by atoms with Crippen LogP contribution in [0.5, 0.6) is 0 Å². The van der Waals surface area contributed by atoms with E-state index in [2.05, 4.69) is 18.2 Å². The quantitative estimate of drug-likeness (QED) is 0.220. The molecule has 0 aliphatic carbocycles. The first-order chi connectivity index (χ1) is 12.8. The number of non-ortho nitro benzene ring substituents is 1. The van der Waals surface area contributed by atoms with Crippen molar-refractivity contribution in [3.05, 3.63) is 106 Å². The van der Waals surface area contributed by atoms with E-state index in [1.54, 1.807) is 36.6 Å². The fourth-order valence-electron chi connectivity index (χ4n) is 2.22. The predicted molar refractivity (Wildman–Crippen MR) is 114 cm³/mol. The molecule has 0 heterocycles. The summed E-state index contributed by atoms with van der Waals surface area (Å²) in [4.78, 5) is 14.8. The van der Waals surface area contributed by atoms with Gasteiger partial charge in [0.1, 0.15) is 5.84 Å². The molecule has 0 aliphatic rings. The van der Waals surface area contributed by atoms with Gasteiger partial charge in [0.05, 0.1) is 4.92 Å². The highest BCUT2D eigenvalue weighted by molar-refractivity contribution is 5.98. The third-order valence-electron chi connectivity index (χ3n) is 4.03. The first-order valence-corrected chi connectivity index (χ1v) is 8.36. The summed E-state index contributed by atoms with van der Waals surface area (Å²) in [6.07, 6.45) is 12.2. The third kappa shape index (κ3) is 6.40. The van der Waals surface area contributed by atoms with E-state index >= 15 is 0 Å². The lowest BCUT2D eigenvalue weighted by molar-refractivity contribution is -0.384. The molecule has 0 aromatic heterocycles. The Hall–Kier alpha value is -3.47. The van der Waals surface area contributed by atoms with Crippen LogP contribution in [0.25, 0.3) is 6.08 Å². The number of rotatable bonds is 8. The van der Waals surface area contributed by atoms with Gasteiger partial charge in [-0.25, -0.2) is 4.99 Å². The second kappa shape index (κ2) is 10.5. The molecule has 1 aromatic rings. The van der Waals surface area contributed by atoms with Gasteiger partial charge in [0.15, 0.2) is 0 Å². The summed E-state index contributed by atoms with van der Waals surface area (Å²) in [6.45, 7) is 13.1. The average molecular weight is 363 g/mol. The van der Waals surface area contributed by atoms with Crippen molar-refractivity contribution >= 4 is 17.6 Å². The zero-order chi connectivity index (χ0) is 20.4. The Morgan fingerprint density at radius 1 is 1.22 bits per heavy atom. The van der Waals surface area contributed by atoms with Crippen LogP contribution in [0.2, 0.25) is 0 Å². The van der Waals surface area contributed by atoms with Crippen LogP contribution < -0.4 is 5.73 Å². The van der Waals surface area contributed by atoms with Crippen LogP contribution in [0.4, 0.5) is 5.69 Å². The van der Waals surface area contributed by atoms with E-state index in [9.17, 15) is 10.1 Å². The largest absolute Gasteiger partial charge is 0.383 e. The average Bonchev–Trinajstić information content (AvgIpc) is 2.64. The molecule has 0 amide bonds. The number of benzene rings is 1. The molecular weight excluding hydrogens is 338 g/mol. The molecule has 5 heteroatoms. The number of nitro benzene ring substituents is 1. The molecule has 0 radical (unpaired) electrons. The van der Waals surface area contributed by atoms with Crippen molar-refractivity contribution in [1.29, 1.82) is 0 Å². The molecule has 0 atom stereocenters. The Morgan fingerprint density at radius 2 is 1.93 bits per heavy atom. The highest BCUT2D eigenvalue weighted by Crippen LogP contribution is 2.22. The Kier molecular flexibility index (Phi) is 8.39. The fourth-order valence-corrected chi connectivity index (χ4v) is 2.22. The van der Waals surface area contributed by atoms with E-state index in [1.807, 2.05) is 39.0 Å². The minimum absolute atomic E-state index is 0.0586. The number of amidine groups is 1. The predicted octanol–water partition coefficient (Wildman–Crippen LogP) is 5.42. The SMILES string of the molecule is C=C/C=C(/C=C/c1cc([N+](=O)[O-])ccc1C)C(\C)=C(C)\C(N)=N\C=C\C=C. The van der Waals surface area contributed by atoms with Crippen molar-refractivity contribution < 1.29 is 4.92 Å². The first-order valence-electron chi connectivity index (χ1n) is 8.36. The lowest BCUT2D eigenvalue weighted by Gasteiger charge is -2.09. The first kappa shape index (κ1) is 21.6. The van der Waals surface area contributed by atoms with E-state index in [0.717, 1.165) is 27.8 Å². The molecule has 0 saturated carbocycles. The summed E-state index contributed by atoms with van der Waals surface area (Å²) in [7, 11) is 0. The zero-order valence-electron chi connectivity index (χ0n) is 16.0. The van der Waals surface area contributed by atoms with Crippen molar-refractivity contribution in [2.75, 3.05) is 0 Å². The van der Waals surface area contributed by atoms with Crippen molar-refractivity contribution in [1.82, 2.24) is 0 Å². The molecule has 140 valence electrons. The Labute approximate surface area is 160 Å². The van der Waals surface area contributed by atoms with Crippen LogP contribution in [0.3, 0.4) is 0 Å². The van der Waals surface area contributed by atoms with E-state index in [0.29, 0.717) is 5.84 Å². The number of hydrogen-bond donors (Lipinski definition) is 1. The van der Waals surface area contributed by atoms with Gasteiger partial charge in [0.25, 0.3) is 5.69 Å². The van der Waals surface area contributed by atoms with E-state index < -0.39 is 4.92 Å². The molecule has 0 fully saturated rings. The molecular formula is C22H25N3O2. The maximum Gasteiger partial charge on any atom is 0.270 e. The van der Waals surface area contributed by atoms with Crippen LogP contribution in [0.15, 0.2) is 89.6 Å². The van der Waals surface area contributed by atoms with Crippen LogP contribution in [0, 0.1) is 17.0 Å². The minimum Gasteiger partial charge on any atom is -0.383 e. The van der Waals surface area contributed by atoms with Gasteiger partial charge in [-0.05, 0) is 54.7 Å². The van der Waals surface area contributed by atoms with E-state index in [4.69, 9.17) is 5.73 Å². The molecule has 0 spiro atoms. The summed E-state index contributed by atoms with van der Waals surface area (Å²) in [5, 5.41) is 11.0. The zero-order valence-corrected chi connectivity index (χ0v) is 16.0. The Bertz CT molecular complexity index is 885. The van der Waals surface area contributed by atoms with Gasteiger partial charge >= 0.3 is 0 Å². The maximum absolute atomic E-state index is 11.0. The second-order valence-electron chi connectivity index (χ2n) is 5.83. The number of nitro groups is 1. The maximum atomic E-state index is 11.0. The molecule has 5 nitrogen and oxygen atoms in total. The summed E-state index contributed by atoms with van der Waals surface area (Å²) < 4.78 is 0. The number of hydrogen-bond acceptors (Lipinski definition) is 3. The van der Waals surface area contributed by atoms with Gasteiger partial charge in [-0.3, -0.25) is 10.1 Å². The van der Waals surface area contributed by atoms with Crippen molar-refractivity contribution in [2.45, 2.75) is 20.8 Å². The normalized spacial score (nSPS) is 13.7. The van der Waals surface area contributed by atoms with Gasteiger partial charge in [0.2, 0.25) is 0 Å². The Balaban J connectivity index is 3.29. The second-order valence-corrected chi connectivity index (χ2v) is 5.83. The van der Waals surface area contributed by atoms with Crippen molar-refractivity contribution in [2.24, 2.45) is 10.7 Å². The summed E-state index contributed by atoms with van der Waals surface area (Å²) >= 11 is 0. The molecule has 0 bridgehead atoms. The number of aryl methyl sites for hydroxylation is 1. The Morgan fingerprint density at radius 3 is 2.52 bits per heavy atom. The smallest absolute Gasteiger partial charge is 0.270 e. The highest BCUT2D eigenvalue weighted by atomic mass is 16.6. The molecule has 1 rings (SSSR count). The number of nitrogens with two attached hydrogens (primary N) is 1. The van der Waals surface area contributed by atoms with Gasteiger partial charge in [-0.15, -0.1) is 0 Å². The van der Waals surface area contributed by atoms with Crippen LogP contribution >= 0.6 is 0 Å². The molecule has 0 unspecified atom stereocenters.